The van der Waals surface area contributed by atoms with Crippen molar-refractivity contribution in [2.75, 3.05) is 21.2 Å². The highest BCUT2D eigenvalue weighted by atomic mass is 35.5. The summed E-state index contributed by atoms with van der Waals surface area (Å²) in [5, 5.41) is 7.09. The van der Waals surface area contributed by atoms with Crippen molar-refractivity contribution in [2.45, 2.75) is 6.61 Å². The maximum absolute atomic E-state index is 6.15. The number of hydrazone groups is 1. The van der Waals surface area contributed by atoms with E-state index in [0.29, 0.717) is 28.2 Å². The van der Waals surface area contributed by atoms with E-state index < -0.39 is 0 Å². The van der Waals surface area contributed by atoms with Gasteiger partial charge in [0.05, 0.1) is 13.3 Å². The van der Waals surface area contributed by atoms with Crippen LogP contribution >= 0.6 is 23.2 Å². The number of nitrogens with zero attached hydrogens (tertiary/aromatic N) is 2. The van der Waals surface area contributed by atoms with Crippen LogP contribution in [-0.4, -0.2) is 32.4 Å². The van der Waals surface area contributed by atoms with Crippen LogP contribution in [0.4, 0.5) is 0 Å². The SMILES string of the molecule is COc1cc(C=NN(C)C)ccc1OCc1ccc(Cl)cc1Cl. The molecule has 6 heteroatoms. The van der Waals surface area contributed by atoms with Gasteiger partial charge in [-0.2, -0.15) is 5.10 Å². The zero-order chi connectivity index (χ0) is 16.8. The van der Waals surface area contributed by atoms with Gasteiger partial charge in [-0.1, -0.05) is 29.3 Å². The lowest BCUT2D eigenvalue weighted by atomic mass is 10.2. The Bertz CT molecular complexity index is 703. The summed E-state index contributed by atoms with van der Waals surface area (Å²) in [6.45, 7) is 0.331. The molecule has 2 aromatic carbocycles. The highest BCUT2D eigenvalue weighted by Crippen LogP contribution is 2.29. The van der Waals surface area contributed by atoms with Crippen LogP contribution in [-0.2, 0) is 6.61 Å². The number of hydrogen-bond acceptors (Lipinski definition) is 4. The lowest BCUT2D eigenvalue weighted by molar-refractivity contribution is 0.284. The molecule has 122 valence electrons. The topological polar surface area (TPSA) is 34.1 Å². The molecule has 0 aliphatic heterocycles. The molecule has 0 N–H and O–H groups in total. The quantitative estimate of drug-likeness (QED) is 0.567. The molecule has 0 aliphatic rings. The van der Waals surface area contributed by atoms with E-state index in [0.717, 1.165) is 11.1 Å². The zero-order valence-electron chi connectivity index (χ0n) is 13.2. The van der Waals surface area contributed by atoms with Gasteiger partial charge in [0.1, 0.15) is 6.61 Å². The Morgan fingerprint density at radius 1 is 1.09 bits per heavy atom. The van der Waals surface area contributed by atoms with Crippen molar-refractivity contribution < 1.29 is 9.47 Å². The van der Waals surface area contributed by atoms with Crippen LogP contribution in [0, 0.1) is 0 Å². The summed E-state index contributed by atoms with van der Waals surface area (Å²) in [7, 11) is 5.33. The van der Waals surface area contributed by atoms with E-state index in [1.807, 2.05) is 38.4 Å². The van der Waals surface area contributed by atoms with Gasteiger partial charge in [0.25, 0.3) is 0 Å². The molecule has 0 aliphatic carbocycles. The normalized spacial score (nSPS) is 10.8. The number of ether oxygens (including phenoxy) is 2. The van der Waals surface area contributed by atoms with Gasteiger partial charge in [-0.15, -0.1) is 0 Å². The second-order valence-electron chi connectivity index (χ2n) is 5.03. The smallest absolute Gasteiger partial charge is 0.161 e. The van der Waals surface area contributed by atoms with Crippen LogP contribution in [0.25, 0.3) is 0 Å². The van der Waals surface area contributed by atoms with Gasteiger partial charge in [-0.05, 0) is 35.9 Å². The van der Waals surface area contributed by atoms with Crippen molar-refractivity contribution in [2.24, 2.45) is 5.10 Å². The van der Waals surface area contributed by atoms with Crippen LogP contribution in [0.3, 0.4) is 0 Å². The summed E-state index contributed by atoms with van der Waals surface area (Å²) in [5.41, 5.74) is 1.78. The van der Waals surface area contributed by atoms with Gasteiger partial charge in [-0.3, -0.25) is 0 Å². The van der Waals surface area contributed by atoms with Crippen molar-refractivity contribution in [1.82, 2.24) is 5.01 Å². The Kier molecular flexibility index (Phi) is 6.13. The molecule has 0 radical (unpaired) electrons. The molecule has 2 aromatic rings. The highest BCUT2D eigenvalue weighted by molar-refractivity contribution is 6.35. The summed E-state index contributed by atoms with van der Waals surface area (Å²) in [6, 6.07) is 10.9. The second kappa shape index (κ2) is 8.09. The third-order valence-electron chi connectivity index (χ3n) is 3.02. The molecule has 0 saturated heterocycles. The van der Waals surface area contributed by atoms with E-state index in [4.69, 9.17) is 32.7 Å². The molecule has 0 amide bonds. The van der Waals surface area contributed by atoms with E-state index >= 15 is 0 Å². The summed E-state index contributed by atoms with van der Waals surface area (Å²) in [5.74, 6) is 1.28. The highest BCUT2D eigenvalue weighted by Gasteiger charge is 2.07. The number of hydrogen-bond donors (Lipinski definition) is 0. The number of halogens is 2. The Morgan fingerprint density at radius 2 is 1.87 bits per heavy atom. The van der Waals surface area contributed by atoms with E-state index in [2.05, 4.69) is 5.10 Å². The molecule has 0 saturated carbocycles. The first-order valence-corrected chi connectivity index (χ1v) is 7.71. The molecule has 0 aromatic heterocycles. The van der Waals surface area contributed by atoms with Crippen molar-refractivity contribution in [3.63, 3.8) is 0 Å². The minimum absolute atomic E-state index is 0.331. The molecule has 0 bridgehead atoms. The zero-order valence-corrected chi connectivity index (χ0v) is 14.7. The lowest BCUT2D eigenvalue weighted by Crippen LogP contribution is -2.02. The van der Waals surface area contributed by atoms with Gasteiger partial charge in [0.2, 0.25) is 0 Å². The molecule has 0 heterocycles. The first-order valence-electron chi connectivity index (χ1n) is 6.95. The van der Waals surface area contributed by atoms with E-state index in [9.17, 15) is 0 Å². The molecule has 0 unspecified atom stereocenters. The first-order chi connectivity index (χ1) is 11.0. The molecular weight excluding hydrogens is 335 g/mol. The maximum atomic E-state index is 6.15. The average molecular weight is 353 g/mol. The standard InChI is InChI=1S/C17H18Cl2N2O2/c1-21(2)20-10-12-4-7-16(17(8-12)22-3)23-11-13-5-6-14(18)9-15(13)19/h4-10H,11H2,1-3H3. The summed E-state index contributed by atoms with van der Waals surface area (Å²) in [6.07, 6.45) is 1.75. The summed E-state index contributed by atoms with van der Waals surface area (Å²) in [4.78, 5) is 0. The van der Waals surface area contributed by atoms with Crippen LogP contribution < -0.4 is 9.47 Å². The van der Waals surface area contributed by atoms with E-state index in [1.54, 1.807) is 30.5 Å². The lowest BCUT2D eigenvalue weighted by Gasteiger charge is -2.12. The van der Waals surface area contributed by atoms with Gasteiger partial charge < -0.3 is 14.5 Å². The van der Waals surface area contributed by atoms with Gasteiger partial charge in [0, 0.05) is 29.7 Å². The van der Waals surface area contributed by atoms with Crippen molar-refractivity contribution >= 4 is 29.4 Å². The van der Waals surface area contributed by atoms with Crippen LogP contribution in [0.2, 0.25) is 10.0 Å². The largest absolute Gasteiger partial charge is 0.493 e. The van der Waals surface area contributed by atoms with Gasteiger partial charge in [0.15, 0.2) is 11.5 Å². The fourth-order valence-corrected chi connectivity index (χ4v) is 2.32. The maximum Gasteiger partial charge on any atom is 0.161 e. The van der Waals surface area contributed by atoms with Gasteiger partial charge >= 0.3 is 0 Å². The molecular formula is C17H18Cl2N2O2. The minimum atomic E-state index is 0.331. The summed E-state index contributed by atoms with van der Waals surface area (Å²) < 4.78 is 11.2. The van der Waals surface area contributed by atoms with E-state index in [1.165, 1.54) is 0 Å². The number of benzene rings is 2. The Labute approximate surface area is 146 Å². The second-order valence-corrected chi connectivity index (χ2v) is 5.87. The number of rotatable bonds is 6. The Hall–Kier alpha value is -1.91. The predicted molar refractivity (Wildman–Crippen MR) is 95.1 cm³/mol. The fourth-order valence-electron chi connectivity index (χ4n) is 1.86. The summed E-state index contributed by atoms with van der Waals surface area (Å²) >= 11 is 12.0. The van der Waals surface area contributed by atoms with Crippen molar-refractivity contribution in [3.8, 4) is 11.5 Å². The third-order valence-corrected chi connectivity index (χ3v) is 3.61. The number of methoxy groups -OCH3 is 1. The monoisotopic (exact) mass is 352 g/mol. The van der Waals surface area contributed by atoms with Crippen molar-refractivity contribution in [3.05, 3.63) is 57.6 Å². The van der Waals surface area contributed by atoms with Crippen LogP contribution in [0.5, 0.6) is 11.5 Å². The van der Waals surface area contributed by atoms with Gasteiger partial charge in [-0.25, -0.2) is 0 Å². The first kappa shape index (κ1) is 17.4. The Balaban J connectivity index is 2.13. The van der Waals surface area contributed by atoms with Crippen LogP contribution in [0.1, 0.15) is 11.1 Å². The van der Waals surface area contributed by atoms with E-state index in [-0.39, 0.29) is 0 Å². The minimum Gasteiger partial charge on any atom is -0.493 e. The average Bonchev–Trinajstić information content (AvgIpc) is 2.52. The molecule has 0 atom stereocenters. The molecule has 2 rings (SSSR count). The molecule has 23 heavy (non-hydrogen) atoms. The van der Waals surface area contributed by atoms with Crippen molar-refractivity contribution in [1.29, 1.82) is 0 Å². The van der Waals surface area contributed by atoms with Crippen LogP contribution in [0.15, 0.2) is 41.5 Å². The third kappa shape index (κ3) is 5.05. The Morgan fingerprint density at radius 3 is 2.52 bits per heavy atom. The molecule has 0 fully saturated rings. The molecule has 0 spiro atoms. The predicted octanol–water partition coefficient (Wildman–Crippen LogP) is 4.48. The fraction of sp³-hybridized carbons (Fsp3) is 0.235. The molecule has 4 nitrogen and oxygen atoms in total.